The summed E-state index contributed by atoms with van der Waals surface area (Å²) >= 11 is 0. The lowest BCUT2D eigenvalue weighted by Crippen LogP contribution is -2.25. The highest BCUT2D eigenvalue weighted by Crippen LogP contribution is 2.23. The molecule has 0 bridgehead atoms. The van der Waals surface area contributed by atoms with Gasteiger partial charge in [0, 0.05) is 19.6 Å². The van der Waals surface area contributed by atoms with Crippen molar-refractivity contribution in [3.63, 3.8) is 0 Å². The first-order chi connectivity index (χ1) is 12.7. The average Bonchev–Trinajstić information content (AvgIpc) is 3.23. The molecule has 142 valence electrons. The number of aromatic hydroxyl groups is 1. The van der Waals surface area contributed by atoms with Crippen molar-refractivity contribution in [2.45, 2.75) is 52.1 Å². The number of benzene rings is 1. The van der Waals surface area contributed by atoms with Gasteiger partial charge >= 0.3 is 5.69 Å². The summed E-state index contributed by atoms with van der Waals surface area (Å²) in [6.07, 6.45) is 4.55. The lowest BCUT2D eigenvalue weighted by molar-refractivity contribution is 0.310. The molecular weight excluding hydrogens is 330 g/mol. The van der Waals surface area contributed by atoms with Crippen LogP contribution in [0.25, 0.3) is 0 Å². The molecule has 0 spiro atoms. The van der Waals surface area contributed by atoms with Gasteiger partial charge in [0.05, 0.1) is 5.69 Å². The molecule has 0 aliphatic carbocycles. The quantitative estimate of drug-likeness (QED) is 0.639. The van der Waals surface area contributed by atoms with E-state index in [4.69, 9.17) is 4.74 Å². The summed E-state index contributed by atoms with van der Waals surface area (Å²) in [5.41, 5.74) is 1.97. The highest BCUT2D eigenvalue weighted by Gasteiger charge is 2.22. The Balaban J connectivity index is 1.31. The van der Waals surface area contributed by atoms with Crippen LogP contribution >= 0.6 is 0 Å². The fourth-order valence-corrected chi connectivity index (χ4v) is 3.53. The molecule has 1 aromatic carbocycles. The lowest BCUT2D eigenvalue weighted by Gasteiger charge is -2.11. The zero-order chi connectivity index (χ0) is 18.4. The van der Waals surface area contributed by atoms with Crippen LogP contribution in [0.3, 0.4) is 0 Å². The summed E-state index contributed by atoms with van der Waals surface area (Å²) in [4.78, 5) is 12.2. The summed E-state index contributed by atoms with van der Waals surface area (Å²) < 4.78 is 9.05. The molecule has 2 aromatic rings. The van der Waals surface area contributed by atoms with Crippen LogP contribution in [0, 0.1) is 0 Å². The fourth-order valence-electron chi connectivity index (χ4n) is 3.53. The van der Waals surface area contributed by atoms with Crippen molar-refractivity contribution >= 4 is 0 Å². The predicted octanol–water partition coefficient (Wildman–Crippen LogP) is 2.31. The van der Waals surface area contributed by atoms with Crippen LogP contribution in [-0.4, -0.2) is 33.9 Å². The minimum Gasteiger partial charge on any atom is -0.493 e. The summed E-state index contributed by atoms with van der Waals surface area (Å²) in [6, 6.07) is 8.14. The lowest BCUT2D eigenvalue weighted by atomic mass is 10.1. The average molecular weight is 359 g/mol. The van der Waals surface area contributed by atoms with E-state index in [2.05, 4.69) is 18.3 Å². The largest absolute Gasteiger partial charge is 0.493 e. The van der Waals surface area contributed by atoms with Gasteiger partial charge in [0.1, 0.15) is 12.4 Å². The molecule has 3 rings (SSSR count). The second-order valence-electron chi connectivity index (χ2n) is 6.73. The second-order valence-corrected chi connectivity index (χ2v) is 6.73. The Hall–Kier alpha value is -2.21. The van der Waals surface area contributed by atoms with Crippen LogP contribution in [0.1, 0.15) is 37.4 Å². The van der Waals surface area contributed by atoms with Gasteiger partial charge in [0.15, 0.2) is 0 Å². The van der Waals surface area contributed by atoms with Crippen LogP contribution in [0.4, 0.5) is 0 Å². The van der Waals surface area contributed by atoms with E-state index >= 15 is 0 Å². The highest BCUT2D eigenvalue weighted by atomic mass is 16.5. The number of imidazole rings is 1. The molecule has 1 aromatic heterocycles. The van der Waals surface area contributed by atoms with E-state index in [9.17, 15) is 9.90 Å². The summed E-state index contributed by atoms with van der Waals surface area (Å²) in [5.74, 6) is 1.14. The van der Waals surface area contributed by atoms with Crippen molar-refractivity contribution in [1.29, 1.82) is 0 Å². The SMILES string of the molecule is CCc1ccccc1OCCNCCCCn1c(O)c2n(c1=O)CCC2. The standard InChI is InChI=1S/C20H29N3O3/c1-2-16-8-3-4-10-18(16)26-15-12-21-11-5-6-13-23-19(24)17-9-7-14-22(17)20(23)25/h3-4,8,10,21,24H,2,5-7,9,11-15H2,1H3. The van der Waals surface area contributed by atoms with Crippen molar-refractivity contribution in [3.05, 3.63) is 46.0 Å². The third kappa shape index (κ3) is 4.12. The number of para-hydroxylation sites is 1. The molecule has 1 aliphatic heterocycles. The van der Waals surface area contributed by atoms with E-state index in [-0.39, 0.29) is 11.6 Å². The number of hydrogen-bond donors (Lipinski definition) is 2. The zero-order valence-corrected chi connectivity index (χ0v) is 15.5. The molecule has 0 unspecified atom stereocenters. The first kappa shape index (κ1) is 18.6. The Morgan fingerprint density at radius 3 is 2.88 bits per heavy atom. The number of ether oxygens (including phenoxy) is 1. The Labute approximate surface area is 154 Å². The molecule has 0 radical (unpaired) electrons. The maximum atomic E-state index is 12.2. The number of aromatic nitrogens is 2. The summed E-state index contributed by atoms with van der Waals surface area (Å²) in [7, 11) is 0. The number of rotatable bonds is 10. The van der Waals surface area contributed by atoms with Crippen molar-refractivity contribution in [2.75, 3.05) is 19.7 Å². The van der Waals surface area contributed by atoms with Crippen LogP contribution in [-0.2, 0) is 25.9 Å². The molecule has 1 aliphatic rings. The fraction of sp³-hybridized carbons (Fsp3) is 0.550. The van der Waals surface area contributed by atoms with Crippen molar-refractivity contribution in [3.8, 4) is 11.6 Å². The first-order valence-electron chi connectivity index (χ1n) is 9.65. The van der Waals surface area contributed by atoms with Gasteiger partial charge in [-0.25, -0.2) is 4.79 Å². The molecule has 0 saturated carbocycles. The van der Waals surface area contributed by atoms with Gasteiger partial charge in [-0.1, -0.05) is 25.1 Å². The van der Waals surface area contributed by atoms with Crippen molar-refractivity contribution in [1.82, 2.24) is 14.5 Å². The molecule has 6 nitrogen and oxygen atoms in total. The van der Waals surface area contributed by atoms with Crippen LogP contribution in [0.15, 0.2) is 29.1 Å². The predicted molar refractivity (Wildman–Crippen MR) is 102 cm³/mol. The van der Waals surface area contributed by atoms with Crippen LogP contribution in [0.2, 0.25) is 0 Å². The molecule has 0 atom stereocenters. The number of hydrogen-bond acceptors (Lipinski definition) is 4. The number of fused-ring (bicyclic) bond motifs is 1. The van der Waals surface area contributed by atoms with Gasteiger partial charge in [-0.2, -0.15) is 0 Å². The Morgan fingerprint density at radius 2 is 2.08 bits per heavy atom. The number of aryl methyl sites for hydroxylation is 1. The van der Waals surface area contributed by atoms with E-state index in [1.54, 1.807) is 4.57 Å². The van der Waals surface area contributed by atoms with Crippen LogP contribution < -0.4 is 15.7 Å². The topological polar surface area (TPSA) is 68.4 Å². The molecular formula is C20H29N3O3. The molecule has 6 heteroatoms. The first-order valence-corrected chi connectivity index (χ1v) is 9.65. The van der Waals surface area contributed by atoms with Crippen molar-refractivity contribution in [2.24, 2.45) is 0 Å². The maximum absolute atomic E-state index is 12.2. The van der Waals surface area contributed by atoms with E-state index in [1.165, 1.54) is 10.1 Å². The number of nitrogens with one attached hydrogen (secondary N) is 1. The Morgan fingerprint density at radius 1 is 1.23 bits per heavy atom. The summed E-state index contributed by atoms with van der Waals surface area (Å²) in [6.45, 7) is 5.75. The molecule has 26 heavy (non-hydrogen) atoms. The van der Waals surface area contributed by atoms with Crippen LogP contribution in [0.5, 0.6) is 11.6 Å². The Kier molecular flexibility index (Phi) is 6.39. The van der Waals surface area contributed by atoms with Gasteiger partial charge in [-0.15, -0.1) is 0 Å². The minimum atomic E-state index is -0.0639. The minimum absolute atomic E-state index is 0.0639. The number of unbranched alkanes of at least 4 members (excludes halogenated alkanes) is 1. The van der Waals surface area contributed by atoms with Gasteiger partial charge in [-0.3, -0.25) is 9.13 Å². The smallest absolute Gasteiger partial charge is 0.331 e. The van der Waals surface area contributed by atoms with Crippen molar-refractivity contribution < 1.29 is 9.84 Å². The van der Waals surface area contributed by atoms with Gasteiger partial charge < -0.3 is 15.2 Å². The normalized spacial score (nSPS) is 13.1. The second kappa shape index (κ2) is 8.94. The number of nitrogens with zero attached hydrogens (tertiary/aromatic N) is 2. The maximum Gasteiger partial charge on any atom is 0.331 e. The van der Waals surface area contributed by atoms with Gasteiger partial charge in [-0.05, 0) is 50.3 Å². The third-order valence-corrected chi connectivity index (χ3v) is 4.97. The monoisotopic (exact) mass is 359 g/mol. The van der Waals surface area contributed by atoms with Gasteiger partial charge in [0.25, 0.3) is 0 Å². The van der Waals surface area contributed by atoms with E-state index in [1.807, 2.05) is 18.2 Å². The highest BCUT2D eigenvalue weighted by molar-refractivity contribution is 5.33. The van der Waals surface area contributed by atoms with Gasteiger partial charge in [0.2, 0.25) is 5.88 Å². The van der Waals surface area contributed by atoms with E-state index in [0.717, 1.165) is 63.2 Å². The Bertz CT molecular complexity index is 779. The van der Waals surface area contributed by atoms with E-state index in [0.29, 0.717) is 13.2 Å². The third-order valence-electron chi connectivity index (χ3n) is 4.97. The summed E-state index contributed by atoms with van der Waals surface area (Å²) in [5, 5.41) is 13.5. The molecule has 0 amide bonds. The molecule has 2 heterocycles. The zero-order valence-electron chi connectivity index (χ0n) is 15.5. The molecule has 0 fully saturated rings. The molecule has 2 N–H and O–H groups in total. The van der Waals surface area contributed by atoms with E-state index < -0.39 is 0 Å². The molecule has 0 saturated heterocycles.